The molecule has 3 aliphatic rings. The Morgan fingerprint density at radius 2 is 1.94 bits per heavy atom. The summed E-state index contributed by atoms with van der Waals surface area (Å²) in [6, 6.07) is 23.3. The van der Waals surface area contributed by atoms with Crippen molar-refractivity contribution in [2.45, 2.75) is 31.5 Å². The second kappa shape index (κ2) is 9.97. The minimum absolute atomic E-state index is 0. The van der Waals surface area contributed by atoms with Crippen molar-refractivity contribution in [3.05, 3.63) is 96.7 Å². The zero-order chi connectivity index (χ0) is 24.0. The van der Waals surface area contributed by atoms with Crippen LogP contribution in [0.4, 0.5) is 0 Å². The van der Waals surface area contributed by atoms with Crippen LogP contribution in [0.5, 0.6) is 5.75 Å². The van der Waals surface area contributed by atoms with Crippen molar-refractivity contribution in [3.8, 4) is 5.75 Å². The van der Waals surface area contributed by atoms with Crippen molar-refractivity contribution in [3.63, 3.8) is 0 Å². The van der Waals surface area contributed by atoms with E-state index in [1.165, 1.54) is 22.8 Å². The van der Waals surface area contributed by atoms with Gasteiger partial charge in [-0.05, 0) is 46.5 Å². The summed E-state index contributed by atoms with van der Waals surface area (Å²) >= 11 is 0. The molecule has 4 unspecified atom stereocenters. The fourth-order valence-corrected chi connectivity index (χ4v) is 6.89. The molecule has 1 N–H and O–H groups in total. The van der Waals surface area contributed by atoms with Crippen LogP contribution in [-0.2, 0) is 6.54 Å². The Bertz CT molecular complexity index is 1400. The third-order valence-corrected chi connectivity index (χ3v) is 8.71. The molecule has 4 aromatic rings. The van der Waals surface area contributed by atoms with Crippen LogP contribution in [0.15, 0.2) is 85.6 Å². The molecule has 0 aliphatic carbocycles. The summed E-state index contributed by atoms with van der Waals surface area (Å²) in [6.07, 6.45) is 5.61. The van der Waals surface area contributed by atoms with Gasteiger partial charge in [0, 0.05) is 35.9 Å². The zero-order valence-electron chi connectivity index (χ0n) is 20.7. The number of fused-ring (bicyclic) bond motifs is 5. The number of aliphatic hydroxyl groups is 1. The average Bonchev–Trinajstić information content (AvgIpc) is 2.92. The van der Waals surface area contributed by atoms with Gasteiger partial charge in [0.1, 0.15) is 24.4 Å². The van der Waals surface area contributed by atoms with Crippen LogP contribution in [0.25, 0.3) is 21.7 Å². The van der Waals surface area contributed by atoms with E-state index >= 15 is 0 Å². The van der Waals surface area contributed by atoms with Crippen LogP contribution in [-0.4, -0.2) is 40.8 Å². The largest absolute Gasteiger partial charge is 1.00 e. The van der Waals surface area contributed by atoms with Crippen LogP contribution < -0.4 is 21.7 Å². The van der Waals surface area contributed by atoms with Crippen LogP contribution in [0, 0.1) is 11.8 Å². The Balaban J connectivity index is 0.00000267. The maximum absolute atomic E-state index is 12.0. The molecule has 3 aromatic carbocycles. The Morgan fingerprint density at radius 3 is 2.78 bits per heavy atom. The van der Waals surface area contributed by atoms with E-state index < -0.39 is 6.10 Å². The summed E-state index contributed by atoms with van der Waals surface area (Å²) < 4.78 is 6.39. The molecule has 0 amide bonds. The predicted octanol–water partition coefficient (Wildman–Crippen LogP) is 3.05. The number of aromatic nitrogens is 1. The van der Waals surface area contributed by atoms with Crippen molar-refractivity contribution in [1.29, 1.82) is 0 Å². The molecular formula is C31H33BrN2O2. The molecule has 4 nitrogen and oxygen atoms in total. The summed E-state index contributed by atoms with van der Waals surface area (Å²) in [4.78, 5) is 4.55. The number of hydrogen-bond donors (Lipinski definition) is 1. The highest BCUT2D eigenvalue weighted by atomic mass is 79.9. The first kappa shape index (κ1) is 24.9. The fourth-order valence-electron chi connectivity index (χ4n) is 6.89. The van der Waals surface area contributed by atoms with Crippen molar-refractivity contribution in [2.75, 3.05) is 20.2 Å². The number of methoxy groups -OCH3 is 1. The molecule has 5 heteroatoms. The van der Waals surface area contributed by atoms with Gasteiger partial charge in [-0.25, -0.2) is 0 Å². The number of hydrogen-bond acceptors (Lipinski definition) is 3. The van der Waals surface area contributed by atoms with Gasteiger partial charge < -0.3 is 31.3 Å². The standard InChI is InChI=1S/C31H33N2O2.BrH/c1-3-21-19-33(20-24-9-6-8-22-7-4-5-10-26(22)24)16-14-23(21)17-30(33)31(34)27-13-15-32-29-12-11-25(35-2)18-28(27)29;/h3-13,15,18,21,23,30-31,34H,1,14,16-17,19-20H2,2H3;1H/q+1;/p-1/t21?,23?,30?,31-,33?;/m1./s1. The second-order valence-electron chi connectivity index (χ2n) is 10.4. The molecule has 5 atom stereocenters. The van der Waals surface area contributed by atoms with E-state index in [4.69, 9.17) is 4.74 Å². The number of ether oxygens (including phenoxy) is 1. The second-order valence-corrected chi connectivity index (χ2v) is 10.4. The van der Waals surface area contributed by atoms with Crippen LogP contribution in [0.2, 0.25) is 0 Å². The molecule has 1 aromatic heterocycles. The van der Waals surface area contributed by atoms with E-state index in [1.807, 2.05) is 30.5 Å². The molecular weight excluding hydrogens is 512 g/mol. The number of pyridine rings is 1. The highest BCUT2D eigenvalue weighted by Crippen LogP contribution is 2.48. The Labute approximate surface area is 223 Å². The van der Waals surface area contributed by atoms with E-state index in [1.54, 1.807) is 7.11 Å². The molecule has 0 saturated carbocycles. The Kier molecular flexibility index (Phi) is 6.90. The number of nitrogens with zero attached hydrogens (tertiary/aromatic N) is 2. The number of rotatable bonds is 6. The summed E-state index contributed by atoms with van der Waals surface area (Å²) in [5.74, 6) is 1.87. The molecule has 36 heavy (non-hydrogen) atoms. The van der Waals surface area contributed by atoms with E-state index in [9.17, 15) is 5.11 Å². The van der Waals surface area contributed by atoms with Gasteiger partial charge in [-0.1, -0.05) is 48.5 Å². The van der Waals surface area contributed by atoms with Gasteiger partial charge >= 0.3 is 0 Å². The maximum atomic E-state index is 12.0. The first-order valence-electron chi connectivity index (χ1n) is 12.7. The molecule has 3 saturated heterocycles. The van der Waals surface area contributed by atoms with Crippen LogP contribution in [0.1, 0.15) is 30.1 Å². The lowest BCUT2D eigenvalue weighted by molar-refractivity contribution is -0.984. The summed E-state index contributed by atoms with van der Waals surface area (Å²) in [6.45, 7) is 7.23. The van der Waals surface area contributed by atoms with E-state index in [0.717, 1.165) is 52.8 Å². The van der Waals surface area contributed by atoms with Crippen molar-refractivity contribution >= 4 is 21.7 Å². The van der Waals surface area contributed by atoms with Gasteiger partial charge in [0.2, 0.25) is 0 Å². The Hall–Kier alpha value is -2.73. The first-order valence-corrected chi connectivity index (χ1v) is 12.7. The van der Waals surface area contributed by atoms with Gasteiger partial charge in [0.25, 0.3) is 0 Å². The number of aliphatic hydroxyl groups excluding tert-OH is 1. The van der Waals surface area contributed by atoms with Crippen molar-refractivity contribution in [1.82, 2.24) is 4.98 Å². The normalized spacial score (nSPS) is 25.9. The topological polar surface area (TPSA) is 42.4 Å². The summed E-state index contributed by atoms with van der Waals surface area (Å²) in [7, 11) is 1.68. The third kappa shape index (κ3) is 4.13. The summed E-state index contributed by atoms with van der Waals surface area (Å²) in [5.41, 5.74) is 3.21. The van der Waals surface area contributed by atoms with Crippen LogP contribution in [0.3, 0.4) is 0 Å². The minimum Gasteiger partial charge on any atom is -1.00 e. The third-order valence-electron chi connectivity index (χ3n) is 8.71. The quantitative estimate of drug-likeness (QED) is 0.299. The molecule has 3 aliphatic heterocycles. The zero-order valence-corrected chi connectivity index (χ0v) is 22.3. The van der Waals surface area contributed by atoms with Gasteiger partial charge in [0.05, 0.1) is 25.7 Å². The molecule has 4 heterocycles. The van der Waals surface area contributed by atoms with Crippen LogP contribution >= 0.6 is 0 Å². The van der Waals surface area contributed by atoms with E-state index in [0.29, 0.717) is 11.8 Å². The molecule has 0 radical (unpaired) electrons. The average molecular weight is 546 g/mol. The smallest absolute Gasteiger partial charge is 0.131 e. The monoisotopic (exact) mass is 544 g/mol. The van der Waals surface area contributed by atoms with Crippen molar-refractivity contribution < 1.29 is 31.3 Å². The van der Waals surface area contributed by atoms with Gasteiger partial charge in [-0.2, -0.15) is 0 Å². The van der Waals surface area contributed by atoms with E-state index in [2.05, 4.69) is 60.1 Å². The summed E-state index contributed by atoms with van der Waals surface area (Å²) in [5, 5.41) is 15.6. The lowest BCUT2D eigenvalue weighted by Crippen LogP contribution is -3.00. The SMILES string of the molecule is C=CC1C[N+]2(Cc3cccc4ccccc34)CCC1CC2[C@H](O)c1ccnc2ccc(OC)cc12.[Br-]. The lowest BCUT2D eigenvalue weighted by atomic mass is 9.71. The minimum atomic E-state index is -0.573. The highest BCUT2D eigenvalue weighted by Gasteiger charge is 2.54. The molecule has 0 spiro atoms. The molecule has 3 fully saturated rings. The lowest BCUT2D eigenvalue weighted by Gasteiger charge is -2.58. The molecule has 7 rings (SSSR count). The van der Waals surface area contributed by atoms with Crippen molar-refractivity contribution in [2.24, 2.45) is 11.8 Å². The van der Waals surface area contributed by atoms with Gasteiger partial charge in [0.15, 0.2) is 0 Å². The Morgan fingerprint density at radius 1 is 1.11 bits per heavy atom. The maximum Gasteiger partial charge on any atom is 0.131 e. The fraction of sp³-hybridized carbons (Fsp3) is 0.323. The van der Waals surface area contributed by atoms with E-state index in [-0.39, 0.29) is 23.0 Å². The van der Waals surface area contributed by atoms with Gasteiger partial charge in [-0.3, -0.25) is 4.98 Å². The highest BCUT2D eigenvalue weighted by molar-refractivity contribution is 5.85. The molecule has 186 valence electrons. The first-order chi connectivity index (χ1) is 17.1. The number of halogens is 1. The van der Waals surface area contributed by atoms with Gasteiger partial charge in [-0.15, -0.1) is 6.58 Å². The number of piperidine rings is 3. The number of benzene rings is 3. The molecule has 2 bridgehead atoms. The predicted molar refractivity (Wildman–Crippen MR) is 141 cm³/mol. The number of quaternary nitrogens is 1.